The number of hydrogen-bond donors (Lipinski definition) is 0. The molecule has 0 bridgehead atoms. The van der Waals surface area contributed by atoms with E-state index in [0.717, 1.165) is 27.6 Å². The van der Waals surface area contributed by atoms with Gasteiger partial charge in [-0.15, -0.1) is 0 Å². The Labute approximate surface area is 137 Å². The first-order valence-electron chi connectivity index (χ1n) is 6.36. The third-order valence-electron chi connectivity index (χ3n) is 3.44. The Morgan fingerprint density at radius 1 is 0.905 bits per heavy atom. The lowest BCUT2D eigenvalue weighted by atomic mass is 10.1. The molecule has 1 aromatic heterocycles. The molecule has 0 unspecified atom stereocenters. The van der Waals surface area contributed by atoms with E-state index in [0.29, 0.717) is 21.0 Å². The van der Waals surface area contributed by atoms with Crippen LogP contribution in [0.3, 0.4) is 0 Å². The van der Waals surface area contributed by atoms with Crippen LogP contribution in [0.4, 0.5) is 0 Å². The maximum absolute atomic E-state index is 6.30. The van der Waals surface area contributed by atoms with Crippen molar-refractivity contribution in [2.24, 2.45) is 0 Å². The number of benzene rings is 2. The Bertz CT molecular complexity index is 860. The number of rotatable bonds is 1. The molecule has 106 valence electrons. The molecular formula is C16H11Cl3N2. The van der Waals surface area contributed by atoms with Gasteiger partial charge in [0.15, 0.2) is 5.82 Å². The highest BCUT2D eigenvalue weighted by Gasteiger charge is 2.13. The molecule has 2 aromatic carbocycles. The van der Waals surface area contributed by atoms with Crippen molar-refractivity contribution >= 4 is 45.7 Å². The largest absolute Gasteiger partial charge is 0.228 e. The summed E-state index contributed by atoms with van der Waals surface area (Å²) in [6.45, 7) is 3.89. The quantitative estimate of drug-likeness (QED) is 0.519. The van der Waals surface area contributed by atoms with E-state index >= 15 is 0 Å². The van der Waals surface area contributed by atoms with Crippen molar-refractivity contribution in [2.75, 3.05) is 0 Å². The van der Waals surface area contributed by atoms with Crippen LogP contribution in [0.25, 0.3) is 22.3 Å². The first kappa shape index (κ1) is 14.6. The minimum Gasteiger partial charge on any atom is -0.228 e. The van der Waals surface area contributed by atoms with Gasteiger partial charge in [-0.05, 0) is 55.3 Å². The number of aromatic nitrogens is 2. The van der Waals surface area contributed by atoms with E-state index in [1.807, 2.05) is 44.2 Å². The summed E-state index contributed by atoms with van der Waals surface area (Å²) >= 11 is 18.5. The van der Waals surface area contributed by atoms with Gasteiger partial charge in [0.25, 0.3) is 0 Å². The van der Waals surface area contributed by atoms with Gasteiger partial charge in [0, 0.05) is 21.0 Å². The van der Waals surface area contributed by atoms with Gasteiger partial charge in [-0.1, -0.05) is 34.8 Å². The number of hydrogen-bond acceptors (Lipinski definition) is 2. The normalized spacial score (nSPS) is 11.1. The molecule has 0 saturated carbocycles. The van der Waals surface area contributed by atoms with Gasteiger partial charge in [0.2, 0.25) is 0 Å². The third kappa shape index (κ3) is 2.59. The molecule has 2 nitrogen and oxygen atoms in total. The van der Waals surface area contributed by atoms with Gasteiger partial charge in [-0.25, -0.2) is 9.97 Å². The van der Waals surface area contributed by atoms with E-state index in [1.165, 1.54) is 0 Å². The van der Waals surface area contributed by atoms with Crippen molar-refractivity contribution in [3.8, 4) is 11.4 Å². The predicted molar refractivity (Wildman–Crippen MR) is 89.5 cm³/mol. The molecular weight excluding hydrogens is 327 g/mol. The molecule has 0 fully saturated rings. The van der Waals surface area contributed by atoms with Gasteiger partial charge in [0.05, 0.1) is 5.52 Å². The van der Waals surface area contributed by atoms with E-state index in [9.17, 15) is 0 Å². The van der Waals surface area contributed by atoms with Crippen LogP contribution in [0.5, 0.6) is 0 Å². The standard InChI is InChI=1S/C16H11Cl3N2/c1-8-7-10(17)3-4-11(8)16-20-14-9(2)13(18)6-5-12(14)15(19)21-16/h3-7H,1-2H3. The Balaban J connectivity index is 2.31. The Kier molecular flexibility index (Phi) is 3.78. The van der Waals surface area contributed by atoms with Crippen LogP contribution in [0.15, 0.2) is 30.3 Å². The average molecular weight is 338 g/mol. The van der Waals surface area contributed by atoms with Gasteiger partial charge in [-0.3, -0.25) is 0 Å². The van der Waals surface area contributed by atoms with Crippen molar-refractivity contribution in [1.29, 1.82) is 0 Å². The molecule has 3 aromatic rings. The Morgan fingerprint density at radius 3 is 2.38 bits per heavy atom. The van der Waals surface area contributed by atoms with Crippen molar-refractivity contribution in [1.82, 2.24) is 9.97 Å². The molecule has 0 amide bonds. The van der Waals surface area contributed by atoms with E-state index < -0.39 is 0 Å². The molecule has 5 heteroatoms. The second kappa shape index (κ2) is 5.45. The SMILES string of the molecule is Cc1cc(Cl)ccc1-c1nc(Cl)c2ccc(Cl)c(C)c2n1. The minimum absolute atomic E-state index is 0.420. The lowest BCUT2D eigenvalue weighted by Crippen LogP contribution is -1.95. The zero-order valence-electron chi connectivity index (χ0n) is 11.4. The highest BCUT2D eigenvalue weighted by atomic mass is 35.5. The first-order chi connectivity index (χ1) is 9.97. The van der Waals surface area contributed by atoms with E-state index in [-0.39, 0.29) is 0 Å². The van der Waals surface area contributed by atoms with Crippen molar-refractivity contribution < 1.29 is 0 Å². The maximum Gasteiger partial charge on any atom is 0.161 e. The van der Waals surface area contributed by atoms with Crippen molar-refractivity contribution in [3.05, 3.63) is 56.7 Å². The van der Waals surface area contributed by atoms with Gasteiger partial charge >= 0.3 is 0 Å². The summed E-state index contributed by atoms with van der Waals surface area (Å²) in [6.07, 6.45) is 0. The van der Waals surface area contributed by atoms with Crippen LogP contribution in [0.2, 0.25) is 15.2 Å². The van der Waals surface area contributed by atoms with Gasteiger partial charge in [0.1, 0.15) is 5.15 Å². The van der Waals surface area contributed by atoms with E-state index in [1.54, 1.807) is 0 Å². The summed E-state index contributed by atoms with van der Waals surface area (Å²) in [4.78, 5) is 9.04. The molecule has 0 aliphatic carbocycles. The zero-order valence-corrected chi connectivity index (χ0v) is 13.7. The summed E-state index contributed by atoms with van der Waals surface area (Å²) in [7, 11) is 0. The van der Waals surface area contributed by atoms with Crippen LogP contribution >= 0.6 is 34.8 Å². The van der Waals surface area contributed by atoms with Crippen molar-refractivity contribution in [2.45, 2.75) is 13.8 Å². The molecule has 0 N–H and O–H groups in total. The van der Waals surface area contributed by atoms with Gasteiger partial charge in [-0.2, -0.15) is 0 Å². The van der Waals surface area contributed by atoms with Crippen LogP contribution in [-0.2, 0) is 0 Å². The Hall–Kier alpha value is -1.35. The predicted octanol–water partition coefficient (Wildman–Crippen LogP) is 5.87. The summed E-state index contributed by atoms with van der Waals surface area (Å²) in [5.41, 5.74) is 3.57. The average Bonchev–Trinajstić information content (AvgIpc) is 2.43. The molecule has 0 aliphatic heterocycles. The Morgan fingerprint density at radius 2 is 1.67 bits per heavy atom. The maximum atomic E-state index is 6.30. The molecule has 0 saturated heterocycles. The third-order valence-corrected chi connectivity index (χ3v) is 4.37. The highest BCUT2D eigenvalue weighted by Crippen LogP contribution is 2.31. The number of halogens is 3. The molecule has 0 atom stereocenters. The van der Waals surface area contributed by atoms with E-state index in [2.05, 4.69) is 9.97 Å². The number of nitrogens with zero attached hydrogens (tertiary/aromatic N) is 2. The first-order valence-corrected chi connectivity index (χ1v) is 7.49. The van der Waals surface area contributed by atoms with Crippen molar-refractivity contribution in [3.63, 3.8) is 0 Å². The molecule has 0 spiro atoms. The number of aryl methyl sites for hydroxylation is 2. The summed E-state index contributed by atoms with van der Waals surface area (Å²) in [6, 6.07) is 9.24. The lowest BCUT2D eigenvalue weighted by molar-refractivity contribution is 1.21. The number of fused-ring (bicyclic) bond motifs is 1. The zero-order chi connectivity index (χ0) is 15.1. The van der Waals surface area contributed by atoms with Crippen LogP contribution in [-0.4, -0.2) is 9.97 Å². The monoisotopic (exact) mass is 336 g/mol. The molecule has 0 radical (unpaired) electrons. The van der Waals surface area contributed by atoms with Crippen LogP contribution in [0, 0.1) is 13.8 Å². The summed E-state index contributed by atoms with van der Waals surface area (Å²) in [5, 5.41) is 2.57. The topological polar surface area (TPSA) is 25.8 Å². The molecule has 3 rings (SSSR count). The molecule has 0 aliphatic rings. The fraction of sp³-hybridized carbons (Fsp3) is 0.125. The van der Waals surface area contributed by atoms with Crippen LogP contribution in [0.1, 0.15) is 11.1 Å². The van der Waals surface area contributed by atoms with Gasteiger partial charge < -0.3 is 0 Å². The minimum atomic E-state index is 0.420. The lowest BCUT2D eigenvalue weighted by Gasteiger charge is -2.09. The second-order valence-corrected chi connectivity index (χ2v) is 6.07. The summed E-state index contributed by atoms with van der Waals surface area (Å²) in [5.74, 6) is 0.576. The molecule has 21 heavy (non-hydrogen) atoms. The fourth-order valence-corrected chi connectivity index (χ4v) is 2.88. The molecule has 1 heterocycles. The fourth-order valence-electron chi connectivity index (χ4n) is 2.27. The van der Waals surface area contributed by atoms with Crippen LogP contribution < -0.4 is 0 Å². The van der Waals surface area contributed by atoms with E-state index in [4.69, 9.17) is 34.8 Å². The smallest absolute Gasteiger partial charge is 0.161 e. The second-order valence-electron chi connectivity index (χ2n) is 4.87. The summed E-state index contributed by atoms with van der Waals surface area (Å²) < 4.78 is 0. The highest BCUT2D eigenvalue weighted by molar-refractivity contribution is 6.35.